The second-order valence-corrected chi connectivity index (χ2v) is 6.66. The third kappa shape index (κ3) is 5.71. The standard InChI is InChI=1S/C12H17BrN2O3S/c1-2-3-8-14-12(16)9-15-19(17,18)11-6-4-10(13)5-7-11/h4-7,15H,2-3,8-9H2,1H3,(H,14,16). The maximum atomic E-state index is 11.9. The first-order valence-electron chi connectivity index (χ1n) is 5.97. The molecule has 1 aromatic rings. The zero-order valence-electron chi connectivity index (χ0n) is 10.6. The highest BCUT2D eigenvalue weighted by Crippen LogP contribution is 2.14. The molecule has 0 radical (unpaired) electrons. The smallest absolute Gasteiger partial charge is 0.241 e. The molecule has 0 aliphatic carbocycles. The predicted octanol–water partition coefficient (Wildman–Crippen LogP) is 1.64. The molecular formula is C12H17BrN2O3S. The summed E-state index contributed by atoms with van der Waals surface area (Å²) in [5.41, 5.74) is 0. The van der Waals surface area contributed by atoms with Crippen LogP contribution in [0, 0.1) is 0 Å². The highest BCUT2D eigenvalue weighted by Gasteiger charge is 2.14. The van der Waals surface area contributed by atoms with Gasteiger partial charge in [-0.1, -0.05) is 29.3 Å². The van der Waals surface area contributed by atoms with Gasteiger partial charge in [0.1, 0.15) is 0 Å². The molecule has 0 saturated heterocycles. The van der Waals surface area contributed by atoms with E-state index in [0.29, 0.717) is 6.54 Å². The van der Waals surface area contributed by atoms with Crippen LogP contribution in [0.5, 0.6) is 0 Å². The lowest BCUT2D eigenvalue weighted by atomic mass is 10.3. The van der Waals surface area contributed by atoms with Crippen molar-refractivity contribution in [3.05, 3.63) is 28.7 Å². The normalized spacial score (nSPS) is 11.3. The van der Waals surface area contributed by atoms with Crippen molar-refractivity contribution in [3.63, 3.8) is 0 Å². The van der Waals surface area contributed by atoms with Gasteiger partial charge in [-0.3, -0.25) is 4.79 Å². The molecule has 0 aliphatic heterocycles. The molecule has 0 heterocycles. The van der Waals surface area contributed by atoms with Crippen LogP contribution in [0.1, 0.15) is 19.8 Å². The van der Waals surface area contributed by atoms with Crippen LogP contribution in [0.2, 0.25) is 0 Å². The number of hydrogen-bond donors (Lipinski definition) is 2. The maximum Gasteiger partial charge on any atom is 0.241 e. The molecule has 0 unspecified atom stereocenters. The summed E-state index contributed by atoms with van der Waals surface area (Å²) in [7, 11) is -3.63. The largest absolute Gasteiger partial charge is 0.355 e. The van der Waals surface area contributed by atoms with Crippen molar-refractivity contribution >= 4 is 31.9 Å². The Balaban J connectivity index is 2.51. The number of hydrogen-bond acceptors (Lipinski definition) is 3. The highest BCUT2D eigenvalue weighted by molar-refractivity contribution is 9.10. The Morgan fingerprint density at radius 2 is 1.89 bits per heavy atom. The van der Waals surface area contributed by atoms with Crippen LogP contribution in [0.4, 0.5) is 0 Å². The number of halogens is 1. The molecule has 0 saturated carbocycles. The number of benzene rings is 1. The van der Waals surface area contributed by atoms with E-state index in [0.717, 1.165) is 17.3 Å². The molecule has 1 amide bonds. The van der Waals surface area contributed by atoms with Crippen LogP contribution in [-0.4, -0.2) is 27.4 Å². The van der Waals surface area contributed by atoms with Gasteiger partial charge in [0.2, 0.25) is 15.9 Å². The fraction of sp³-hybridized carbons (Fsp3) is 0.417. The Morgan fingerprint density at radius 3 is 2.47 bits per heavy atom. The first-order chi connectivity index (χ1) is 8.95. The zero-order valence-corrected chi connectivity index (χ0v) is 13.1. The second-order valence-electron chi connectivity index (χ2n) is 3.98. The van der Waals surface area contributed by atoms with E-state index in [9.17, 15) is 13.2 Å². The first kappa shape index (κ1) is 16.1. The van der Waals surface area contributed by atoms with Crippen LogP contribution in [0.25, 0.3) is 0 Å². The van der Waals surface area contributed by atoms with E-state index in [-0.39, 0.29) is 17.3 Å². The SMILES string of the molecule is CCCCNC(=O)CNS(=O)(=O)c1ccc(Br)cc1. The Bertz CT molecular complexity index is 514. The first-order valence-corrected chi connectivity index (χ1v) is 8.25. The minimum atomic E-state index is -3.63. The zero-order chi connectivity index (χ0) is 14.3. The lowest BCUT2D eigenvalue weighted by Crippen LogP contribution is -2.37. The summed E-state index contributed by atoms with van der Waals surface area (Å²) in [5, 5.41) is 2.64. The van der Waals surface area contributed by atoms with Crippen molar-refractivity contribution in [1.82, 2.24) is 10.0 Å². The summed E-state index contributed by atoms with van der Waals surface area (Å²) in [5.74, 6) is -0.325. The summed E-state index contributed by atoms with van der Waals surface area (Å²) in [6.45, 7) is 2.33. The molecule has 7 heteroatoms. The molecule has 1 aromatic carbocycles. The monoisotopic (exact) mass is 348 g/mol. The van der Waals surface area contributed by atoms with E-state index in [4.69, 9.17) is 0 Å². The number of amides is 1. The van der Waals surface area contributed by atoms with Gasteiger partial charge < -0.3 is 5.32 Å². The third-order valence-corrected chi connectivity index (χ3v) is 4.34. The number of rotatable bonds is 7. The predicted molar refractivity (Wildman–Crippen MR) is 77.2 cm³/mol. The molecule has 0 bridgehead atoms. The molecule has 0 fully saturated rings. The van der Waals surface area contributed by atoms with Crippen LogP contribution in [-0.2, 0) is 14.8 Å². The van der Waals surface area contributed by atoms with Crippen molar-refractivity contribution in [2.24, 2.45) is 0 Å². The van der Waals surface area contributed by atoms with Crippen LogP contribution >= 0.6 is 15.9 Å². The minimum Gasteiger partial charge on any atom is -0.355 e. The summed E-state index contributed by atoms with van der Waals surface area (Å²) < 4.78 is 26.8. The molecule has 5 nitrogen and oxygen atoms in total. The van der Waals surface area contributed by atoms with E-state index in [1.165, 1.54) is 12.1 Å². The van der Waals surface area contributed by atoms with Gasteiger partial charge in [-0.05, 0) is 30.7 Å². The van der Waals surface area contributed by atoms with Crippen molar-refractivity contribution in [2.45, 2.75) is 24.7 Å². The number of carbonyl (C=O) groups is 1. The topological polar surface area (TPSA) is 75.3 Å². The molecule has 0 atom stereocenters. The van der Waals surface area contributed by atoms with Crippen molar-refractivity contribution < 1.29 is 13.2 Å². The average molecular weight is 349 g/mol. The fourth-order valence-electron chi connectivity index (χ4n) is 1.32. The van der Waals surface area contributed by atoms with E-state index >= 15 is 0 Å². The van der Waals surface area contributed by atoms with Gasteiger partial charge in [-0.15, -0.1) is 0 Å². The van der Waals surface area contributed by atoms with Gasteiger partial charge in [0.05, 0.1) is 11.4 Å². The van der Waals surface area contributed by atoms with Gasteiger partial charge in [-0.2, -0.15) is 0 Å². The molecule has 19 heavy (non-hydrogen) atoms. The van der Waals surface area contributed by atoms with Crippen LogP contribution in [0.15, 0.2) is 33.6 Å². The maximum absolute atomic E-state index is 11.9. The lowest BCUT2D eigenvalue weighted by Gasteiger charge is -2.07. The van der Waals surface area contributed by atoms with Gasteiger partial charge in [0.15, 0.2) is 0 Å². The number of carbonyl (C=O) groups excluding carboxylic acids is 1. The van der Waals surface area contributed by atoms with E-state index in [1.54, 1.807) is 12.1 Å². The number of unbranched alkanes of at least 4 members (excludes halogenated alkanes) is 1. The fourth-order valence-corrected chi connectivity index (χ4v) is 2.57. The van der Waals surface area contributed by atoms with Crippen molar-refractivity contribution in [2.75, 3.05) is 13.1 Å². The summed E-state index contributed by atoms with van der Waals surface area (Å²) in [6, 6.07) is 6.22. The molecule has 0 aromatic heterocycles. The molecule has 0 aliphatic rings. The summed E-state index contributed by atoms with van der Waals surface area (Å²) in [6.07, 6.45) is 1.86. The molecular weight excluding hydrogens is 332 g/mol. The van der Waals surface area contributed by atoms with E-state index in [1.807, 2.05) is 6.92 Å². The van der Waals surface area contributed by atoms with Gasteiger partial charge in [0.25, 0.3) is 0 Å². The van der Waals surface area contributed by atoms with E-state index < -0.39 is 10.0 Å². The van der Waals surface area contributed by atoms with Gasteiger partial charge in [-0.25, -0.2) is 13.1 Å². The Morgan fingerprint density at radius 1 is 1.26 bits per heavy atom. The van der Waals surface area contributed by atoms with Crippen molar-refractivity contribution in [3.8, 4) is 0 Å². The molecule has 0 spiro atoms. The molecule has 106 valence electrons. The Hall–Kier alpha value is -0.920. The molecule has 1 rings (SSSR count). The number of sulfonamides is 1. The average Bonchev–Trinajstić information content (AvgIpc) is 2.37. The lowest BCUT2D eigenvalue weighted by molar-refractivity contribution is -0.119. The summed E-state index contributed by atoms with van der Waals surface area (Å²) >= 11 is 3.23. The van der Waals surface area contributed by atoms with Crippen molar-refractivity contribution in [1.29, 1.82) is 0 Å². The van der Waals surface area contributed by atoms with Gasteiger partial charge >= 0.3 is 0 Å². The number of nitrogens with one attached hydrogen (secondary N) is 2. The Labute approximate surface area is 122 Å². The summed E-state index contributed by atoms with van der Waals surface area (Å²) in [4.78, 5) is 11.5. The van der Waals surface area contributed by atoms with Gasteiger partial charge in [0, 0.05) is 11.0 Å². The highest BCUT2D eigenvalue weighted by atomic mass is 79.9. The second kappa shape index (κ2) is 7.62. The Kier molecular flexibility index (Phi) is 6.47. The molecule has 2 N–H and O–H groups in total. The van der Waals surface area contributed by atoms with Crippen LogP contribution in [0.3, 0.4) is 0 Å². The third-order valence-electron chi connectivity index (χ3n) is 2.40. The van der Waals surface area contributed by atoms with E-state index in [2.05, 4.69) is 26.0 Å². The minimum absolute atomic E-state index is 0.136. The quantitative estimate of drug-likeness (QED) is 0.735. The van der Waals surface area contributed by atoms with Crippen LogP contribution < -0.4 is 10.0 Å².